The molecule has 1 aliphatic carbocycles. The first-order chi connectivity index (χ1) is 10.9. The van der Waals surface area contributed by atoms with Crippen molar-refractivity contribution in [2.24, 2.45) is 11.7 Å². The van der Waals surface area contributed by atoms with Crippen LogP contribution in [-0.4, -0.2) is 24.3 Å². The zero-order chi connectivity index (χ0) is 16.9. The van der Waals surface area contributed by atoms with Crippen LogP contribution in [0.25, 0.3) is 0 Å². The molecule has 5 heteroatoms. The quantitative estimate of drug-likeness (QED) is 0.778. The molecule has 0 saturated heterocycles. The highest BCUT2D eigenvalue weighted by atomic mass is 16.6. The SMILES string of the molecule is CC(C)(C)OC(=O)NCc1ccccc1NC1CCCC1CN. The van der Waals surface area contributed by atoms with Crippen LogP contribution in [0.1, 0.15) is 45.6 Å². The fourth-order valence-corrected chi connectivity index (χ4v) is 3.01. The zero-order valence-electron chi connectivity index (χ0n) is 14.4. The molecule has 1 aromatic carbocycles. The third-order valence-electron chi connectivity index (χ3n) is 4.14. The molecule has 0 aromatic heterocycles. The van der Waals surface area contributed by atoms with Crippen molar-refractivity contribution < 1.29 is 9.53 Å². The van der Waals surface area contributed by atoms with Crippen molar-refractivity contribution in [1.29, 1.82) is 0 Å². The number of hydrogen-bond acceptors (Lipinski definition) is 4. The van der Waals surface area contributed by atoms with Gasteiger partial charge in [-0.3, -0.25) is 0 Å². The molecule has 2 unspecified atom stereocenters. The number of carbonyl (C=O) groups excluding carboxylic acids is 1. The summed E-state index contributed by atoms with van der Waals surface area (Å²) in [4.78, 5) is 11.8. The van der Waals surface area contributed by atoms with Gasteiger partial charge in [0.2, 0.25) is 0 Å². The Hall–Kier alpha value is -1.75. The molecular weight excluding hydrogens is 290 g/mol. The molecule has 0 bridgehead atoms. The third kappa shape index (κ3) is 5.43. The number of amides is 1. The van der Waals surface area contributed by atoms with E-state index in [-0.39, 0.29) is 0 Å². The van der Waals surface area contributed by atoms with Gasteiger partial charge in [0.1, 0.15) is 5.60 Å². The monoisotopic (exact) mass is 319 g/mol. The molecule has 23 heavy (non-hydrogen) atoms. The molecule has 0 radical (unpaired) electrons. The summed E-state index contributed by atoms with van der Waals surface area (Å²) in [7, 11) is 0. The van der Waals surface area contributed by atoms with Gasteiger partial charge in [0.15, 0.2) is 0 Å². The number of nitrogens with two attached hydrogens (primary N) is 1. The highest BCUT2D eigenvalue weighted by Gasteiger charge is 2.26. The average Bonchev–Trinajstić information content (AvgIpc) is 2.92. The first kappa shape index (κ1) is 17.6. The lowest BCUT2D eigenvalue weighted by atomic mass is 10.0. The maximum Gasteiger partial charge on any atom is 0.407 e. The highest BCUT2D eigenvalue weighted by Crippen LogP contribution is 2.29. The molecule has 1 amide bonds. The number of anilines is 1. The lowest BCUT2D eigenvalue weighted by molar-refractivity contribution is 0.0523. The Kier molecular flexibility index (Phi) is 5.88. The molecule has 1 fully saturated rings. The topological polar surface area (TPSA) is 76.4 Å². The molecule has 0 spiro atoms. The van der Waals surface area contributed by atoms with E-state index in [0.29, 0.717) is 18.5 Å². The Balaban J connectivity index is 1.96. The Morgan fingerprint density at radius 3 is 2.74 bits per heavy atom. The Labute approximate surface area is 139 Å². The van der Waals surface area contributed by atoms with Crippen molar-refractivity contribution in [1.82, 2.24) is 5.32 Å². The van der Waals surface area contributed by atoms with Crippen LogP contribution in [0.4, 0.5) is 10.5 Å². The Bertz CT molecular complexity index is 525. The van der Waals surface area contributed by atoms with Crippen molar-refractivity contribution in [2.45, 2.75) is 58.2 Å². The summed E-state index contributed by atoms with van der Waals surface area (Å²) >= 11 is 0. The Morgan fingerprint density at radius 2 is 2.04 bits per heavy atom. The van der Waals surface area contributed by atoms with Gasteiger partial charge in [-0.1, -0.05) is 24.6 Å². The maximum atomic E-state index is 11.8. The van der Waals surface area contributed by atoms with E-state index in [1.807, 2.05) is 39.0 Å². The highest BCUT2D eigenvalue weighted by molar-refractivity contribution is 5.68. The van der Waals surface area contributed by atoms with Crippen LogP contribution in [-0.2, 0) is 11.3 Å². The van der Waals surface area contributed by atoms with E-state index in [1.54, 1.807) is 0 Å². The molecule has 2 atom stereocenters. The maximum absolute atomic E-state index is 11.8. The number of ether oxygens (including phenoxy) is 1. The summed E-state index contributed by atoms with van der Waals surface area (Å²) in [5, 5.41) is 6.43. The van der Waals surface area contributed by atoms with Crippen molar-refractivity contribution in [3.63, 3.8) is 0 Å². The van der Waals surface area contributed by atoms with Gasteiger partial charge in [0, 0.05) is 18.3 Å². The molecule has 0 aliphatic heterocycles. The number of carbonyl (C=O) groups is 1. The smallest absolute Gasteiger partial charge is 0.407 e. The van der Waals surface area contributed by atoms with Crippen LogP contribution in [0.5, 0.6) is 0 Å². The minimum Gasteiger partial charge on any atom is -0.444 e. The molecule has 1 saturated carbocycles. The van der Waals surface area contributed by atoms with Gasteiger partial charge in [-0.25, -0.2) is 4.79 Å². The Morgan fingerprint density at radius 1 is 1.30 bits per heavy atom. The predicted molar refractivity (Wildman–Crippen MR) is 93.3 cm³/mol. The number of hydrogen-bond donors (Lipinski definition) is 3. The standard InChI is InChI=1S/C18H29N3O2/c1-18(2,3)23-17(22)20-12-14-7-4-5-9-16(14)21-15-10-6-8-13(15)11-19/h4-5,7,9,13,15,21H,6,8,10-12,19H2,1-3H3,(H,20,22). The van der Waals surface area contributed by atoms with E-state index in [0.717, 1.165) is 24.2 Å². The van der Waals surface area contributed by atoms with Gasteiger partial charge < -0.3 is 21.1 Å². The number of para-hydroxylation sites is 1. The summed E-state index contributed by atoms with van der Waals surface area (Å²) in [6, 6.07) is 8.48. The van der Waals surface area contributed by atoms with Gasteiger partial charge in [-0.15, -0.1) is 0 Å². The van der Waals surface area contributed by atoms with E-state index >= 15 is 0 Å². The van der Waals surface area contributed by atoms with Gasteiger partial charge >= 0.3 is 6.09 Å². The van der Waals surface area contributed by atoms with Gasteiger partial charge in [0.05, 0.1) is 0 Å². The van der Waals surface area contributed by atoms with E-state index in [9.17, 15) is 4.79 Å². The van der Waals surface area contributed by atoms with Crippen LogP contribution in [0.15, 0.2) is 24.3 Å². The summed E-state index contributed by atoms with van der Waals surface area (Å²) < 4.78 is 5.28. The second kappa shape index (κ2) is 7.68. The minimum absolute atomic E-state index is 0.395. The largest absolute Gasteiger partial charge is 0.444 e. The fraction of sp³-hybridized carbons (Fsp3) is 0.611. The molecular formula is C18H29N3O2. The first-order valence-electron chi connectivity index (χ1n) is 8.40. The van der Waals surface area contributed by atoms with Crippen LogP contribution in [0.3, 0.4) is 0 Å². The zero-order valence-corrected chi connectivity index (χ0v) is 14.4. The van der Waals surface area contributed by atoms with Crippen LogP contribution in [0.2, 0.25) is 0 Å². The summed E-state index contributed by atoms with van der Waals surface area (Å²) in [5.74, 6) is 0.530. The molecule has 1 aliphatic rings. The lowest BCUT2D eigenvalue weighted by Gasteiger charge is -2.23. The molecule has 1 aromatic rings. The minimum atomic E-state index is -0.486. The second-order valence-corrected chi connectivity index (χ2v) is 7.19. The van der Waals surface area contributed by atoms with Crippen LogP contribution in [0, 0.1) is 5.92 Å². The van der Waals surface area contributed by atoms with Crippen molar-refractivity contribution in [3.05, 3.63) is 29.8 Å². The first-order valence-corrected chi connectivity index (χ1v) is 8.40. The van der Waals surface area contributed by atoms with E-state index < -0.39 is 11.7 Å². The van der Waals surface area contributed by atoms with E-state index in [2.05, 4.69) is 16.7 Å². The third-order valence-corrected chi connectivity index (χ3v) is 4.14. The summed E-state index contributed by atoms with van der Waals surface area (Å²) in [6.45, 7) is 6.73. The predicted octanol–water partition coefficient (Wildman–Crippen LogP) is 3.25. The summed E-state index contributed by atoms with van der Waals surface area (Å²) in [5.41, 5.74) is 7.49. The molecule has 4 N–H and O–H groups in total. The van der Waals surface area contributed by atoms with Crippen molar-refractivity contribution in [3.8, 4) is 0 Å². The van der Waals surface area contributed by atoms with Gasteiger partial charge in [-0.05, 0) is 57.7 Å². The number of rotatable bonds is 5. The number of benzene rings is 1. The van der Waals surface area contributed by atoms with E-state index in [1.165, 1.54) is 12.8 Å². The summed E-state index contributed by atoms with van der Waals surface area (Å²) in [6.07, 6.45) is 3.16. The molecule has 2 rings (SSSR count). The number of alkyl carbamates (subject to hydrolysis) is 1. The fourth-order valence-electron chi connectivity index (χ4n) is 3.01. The van der Waals surface area contributed by atoms with E-state index in [4.69, 9.17) is 10.5 Å². The van der Waals surface area contributed by atoms with Crippen molar-refractivity contribution in [2.75, 3.05) is 11.9 Å². The molecule has 5 nitrogen and oxygen atoms in total. The second-order valence-electron chi connectivity index (χ2n) is 7.19. The molecule has 128 valence electrons. The van der Waals surface area contributed by atoms with Gasteiger partial charge in [-0.2, -0.15) is 0 Å². The van der Waals surface area contributed by atoms with Crippen molar-refractivity contribution >= 4 is 11.8 Å². The number of nitrogens with one attached hydrogen (secondary N) is 2. The van der Waals surface area contributed by atoms with Gasteiger partial charge in [0.25, 0.3) is 0 Å². The van der Waals surface area contributed by atoms with Crippen LogP contribution >= 0.6 is 0 Å². The molecule has 0 heterocycles. The van der Waals surface area contributed by atoms with Crippen LogP contribution < -0.4 is 16.4 Å². The lowest BCUT2D eigenvalue weighted by Crippen LogP contribution is -2.33. The normalized spacial score (nSPS) is 21.0. The average molecular weight is 319 g/mol.